The van der Waals surface area contributed by atoms with Gasteiger partial charge in [-0.2, -0.15) is 0 Å². The fraction of sp³-hybridized carbons (Fsp3) is 0.333. The van der Waals surface area contributed by atoms with Crippen LogP contribution >= 0.6 is 0 Å². The molecule has 0 aliphatic carbocycles. The van der Waals surface area contributed by atoms with Crippen molar-refractivity contribution in [1.29, 1.82) is 0 Å². The molecule has 0 bridgehead atoms. The summed E-state index contributed by atoms with van der Waals surface area (Å²) in [6.45, 7) is 0. The molecule has 0 spiro atoms. The van der Waals surface area contributed by atoms with Gasteiger partial charge in [0.1, 0.15) is 0 Å². The van der Waals surface area contributed by atoms with E-state index in [1.165, 1.54) is 30.7 Å². The van der Waals surface area contributed by atoms with Gasteiger partial charge in [-0.25, -0.2) is 12.7 Å². The highest BCUT2D eigenvalue weighted by Crippen LogP contribution is 2.10. The molecular weight excluding hydrogens is 164 g/mol. The molecule has 0 fully saturated rings. The van der Waals surface area contributed by atoms with Crippen molar-refractivity contribution in [3.8, 4) is 0 Å². The monoisotopic (exact) mass is 174 g/mol. The van der Waals surface area contributed by atoms with Gasteiger partial charge < -0.3 is 4.98 Å². The standard InChI is InChI=1S/C6H10N2O2S/c1-8(2)11(9,10)6-3-4-7-5-6/h3-5,7H,1-2H3. The van der Waals surface area contributed by atoms with Crippen LogP contribution in [0, 0.1) is 0 Å². The van der Waals surface area contributed by atoms with Crippen molar-refractivity contribution >= 4 is 10.0 Å². The zero-order valence-corrected chi connectivity index (χ0v) is 7.22. The molecule has 4 nitrogen and oxygen atoms in total. The fourth-order valence-corrected chi connectivity index (χ4v) is 1.56. The first-order valence-electron chi connectivity index (χ1n) is 3.10. The SMILES string of the molecule is CN(C)S(=O)(=O)c1cc[nH]c1. The van der Waals surface area contributed by atoms with Crippen LogP contribution in [0.4, 0.5) is 0 Å². The third kappa shape index (κ3) is 1.44. The maximum Gasteiger partial charge on any atom is 0.244 e. The summed E-state index contributed by atoms with van der Waals surface area (Å²) in [5, 5.41) is 0. The van der Waals surface area contributed by atoms with Crippen LogP contribution in [0.15, 0.2) is 23.4 Å². The van der Waals surface area contributed by atoms with Crippen molar-refractivity contribution in [3.05, 3.63) is 18.5 Å². The van der Waals surface area contributed by atoms with Crippen molar-refractivity contribution < 1.29 is 8.42 Å². The van der Waals surface area contributed by atoms with Gasteiger partial charge in [-0.3, -0.25) is 0 Å². The van der Waals surface area contributed by atoms with Gasteiger partial charge in [0.05, 0.1) is 4.90 Å². The van der Waals surface area contributed by atoms with Gasteiger partial charge in [0.25, 0.3) is 0 Å². The minimum atomic E-state index is -3.23. The molecule has 5 heteroatoms. The zero-order valence-electron chi connectivity index (χ0n) is 6.40. The number of rotatable bonds is 2. The van der Waals surface area contributed by atoms with E-state index >= 15 is 0 Å². The van der Waals surface area contributed by atoms with Crippen molar-refractivity contribution in [2.24, 2.45) is 0 Å². The van der Waals surface area contributed by atoms with Gasteiger partial charge in [-0.1, -0.05) is 0 Å². The van der Waals surface area contributed by atoms with Gasteiger partial charge in [-0.05, 0) is 6.07 Å². The Morgan fingerprint density at radius 3 is 2.45 bits per heavy atom. The highest BCUT2D eigenvalue weighted by Gasteiger charge is 2.16. The summed E-state index contributed by atoms with van der Waals surface area (Å²) in [7, 11) is -0.227. The minimum Gasteiger partial charge on any atom is -0.366 e. The topological polar surface area (TPSA) is 53.2 Å². The van der Waals surface area contributed by atoms with Crippen LogP contribution in [0.2, 0.25) is 0 Å². The maximum atomic E-state index is 11.3. The molecule has 1 rings (SSSR count). The number of hydrogen-bond donors (Lipinski definition) is 1. The predicted molar refractivity (Wildman–Crippen MR) is 41.7 cm³/mol. The van der Waals surface area contributed by atoms with E-state index in [1.54, 1.807) is 6.20 Å². The Morgan fingerprint density at radius 2 is 2.09 bits per heavy atom. The van der Waals surface area contributed by atoms with Gasteiger partial charge >= 0.3 is 0 Å². The lowest BCUT2D eigenvalue weighted by molar-refractivity contribution is 0.521. The molecule has 0 saturated heterocycles. The number of H-pyrrole nitrogens is 1. The molecule has 0 unspecified atom stereocenters. The lowest BCUT2D eigenvalue weighted by Crippen LogP contribution is -2.21. The zero-order chi connectivity index (χ0) is 8.48. The smallest absolute Gasteiger partial charge is 0.244 e. The Bertz CT molecular complexity index is 312. The Labute approximate surface area is 65.9 Å². The van der Waals surface area contributed by atoms with Crippen LogP contribution in [0.5, 0.6) is 0 Å². The summed E-state index contributed by atoms with van der Waals surface area (Å²) in [6, 6.07) is 1.52. The Hall–Kier alpha value is -0.810. The van der Waals surface area contributed by atoms with E-state index in [0.717, 1.165) is 0 Å². The second-order valence-electron chi connectivity index (χ2n) is 2.33. The van der Waals surface area contributed by atoms with Crippen molar-refractivity contribution in [2.45, 2.75) is 4.90 Å². The Kier molecular flexibility index (Phi) is 2.01. The minimum absolute atomic E-state index is 0.294. The van der Waals surface area contributed by atoms with Crippen molar-refractivity contribution in [2.75, 3.05) is 14.1 Å². The molecule has 62 valence electrons. The second-order valence-corrected chi connectivity index (χ2v) is 4.49. The third-order valence-corrected chi connectivity index (χ3v) is 3.16. The highest BCUT2D eigenvalue weighted by atomic mass is 32.2. The summed E-state index contributed by atoms with van der Waals surface area (Å²) in [5.74, 6) is 0. The molecule has 1 aromatic heterocycles. The van der Waals surface area contributed by atoms with E-state index in [2.05, 4.69) is 4.98 Å². The van der Waals surface area contributed by atoms with E-state index in [9.17, 15) is 8.42 Å². The predicted octanol–water partition coefficient (Wildman–Crippen LogP) is 0.265. The molecule has 0 saturated carbocycles. The molecule has 11 heavy (non-hydrogen) atoms. The number of nitrogens with one attached hydrogen (secondary N) is 1. The number of nitrogens with zero attached hydrogens (tertiary/aromatic N) is 1. The number of aromatic nitrogens is 1. The highest BCUT2D eigenvalue weighted by molar-refractivity contribution is 7.89. The molecule has 0 aliphatic rings. The first-order chi connectivity index (χ1) is 5.05. The number of sulfonamides is 1. The molecule has 0 aromatic carbocycles. The van der Waals surface area contributed by atoms with Gasteiger partial charge in [0.15, 0.2) is 0 Å². The maximum absolute atomic E-state index is 11.3. The largest absolute Gasteiger partial charge is 0.366 e. The normalized spacial score (nSPS) is 12.3. The lowest BCUT2D eigenvalue weighted by Gasteiger charge is -2.08. The van der Waals surface area contributed by atoms with Crippen molar-refractivity contribution in [3.63, 3.8) is 0 Å². The van der Waals surface area contributed by atoms with Crippen LogP contribution in [-0.2, 0) is 10.0 Å². The van der Waals surface area contributed by atoms with E-state index in [4.69, 9.17) is 0 Å². The quantitative estimate of drug-likeness (QED) is 0.699. The third-order valence-electron chi connectivity index (χ3n) is 1.35. The summed E-state index contributed by atoms with van der Waals surface area (Å²) >= 11 is 0. The molecule has 0 aliphatic heterocycles. The summed E-state index contributed by atoms with van der Waals surface area (Å²) in [4.78, 5) is 2.98. The first-order valence-corrected chi connectivity index (χ1v) is 4.54. The lowest BCUT2D eigenvalue weighted by atomic mass is 10.7. The number of aromatic amines is 1. The number of hydrogen-bond acceptors (Lipinski definition) is 2. The Morgan fingerprint density at radius 1 is 1.45 bits per heavy atom. The molecule has 0 radical (unpaired) electrons. The van der Waals surface area contributed by atoms with Crippen LogP contribution < -0.4 is 0 Å². The van der Waals surface area contributed by atoms with Crippen LogP contribution in [0.1, 0.15) is 0 Å². The average Bonchev–Trinajstić information content (AvgIpc) is 2.37. The second kappa shape index (κ2) is 2.67. The van der Waals surface area contributed by atoms with Gasteiger partial charge in [0, 0.05) is 26.5 Å². The summed E-state index contributed by atoms with van der Waals surface area (Å²) < 4.78 is 23.8. The molecular formula is C6H10N2O2S. The molecule has 0 amide bonds. The van der Waals surface area contributed by atoms with Gasteiger partial charge in [-0.15, -0.1) is 0 Å². The Balaban J connectivity index is 3.12. The molecule has 0 atom stereocenters. The fourth-order valence-electron chi connectivity index (χ4n) is 0.680. The van der Waals surface area contributed by atoms with E-state index in [-0.39, 0.29) is 0 Å². The average molecular weight is 174 g/mol. The summed E-state index contributed by atoms with van der Waals surface area (Å²) in [5.41, 5.74) is 0. The molecule has 1 heterocycles. The summed E-state index contributed by atoms with van der Waals surface area (Å²) in [6.07, 6.45) is 3.03. The molecule has 1 aromatic rings. The van der Waals surface area contributed by atoms with E-state index in [0.29, 0.717) is 4.90 Å². The van der Waals surface area contributed by atoms with Gasteiger partial charge in [0.2, 0.25) is 10.0 Å². The molecule has 1 N–H and O–H groups in total. The van der Waals surface area contributed by atoms with Crippen LogP contribution in [0.25, 0.3) is 0 Å². The van der Waals surface area contributed by atoms with E-state index < -0.39 is 10.0 Å². The van der Waals surface area contributed by atoms with Crippen LogP contribution in [0.3, 0.4) is 0 Å². The van der Waals surface area contributed by atoms with Crippen molar-refractivity contribution in [1.82, 2.24) is 9.29 Å². The van der Waals surface area contributed by atoms with Crippen LogP contribution in [-0.4, -0.2) is 31.8 Å². The first kappa shape index (κ1) is 8.29. The van der Waals surface area contributed by atoms with E-state index in [1.807, 2.05) is 0 Å².